The summed E-state index contributed by atoms with van der Waals surface area (Å²) in [6, 6.07) is 1.04. The van der Waals surface area contributed by atoms with Gasteiger partial charge in [0.25, 0.3) is 0 Å². The summed E-state index contributed by atoms with van der Waals surface area (Å²) in [6.07, 6.45) is 0.904. The molecule has 0 aromatic heterocycles. The Kier molecular flexibility index (Phi) is 3.31. The second kappa shape index (κ2) is 5.90. The molecule has 0 aliphatic heterocycles. The summed E-state index contributed by atoms with van der Waals surface area (Å²) in [5.41, 5.74) is -0.213. The van der Waals surface area contributed by atoms with Crippen LogP contribution in [0.3, 0.4) is 0 Å². The van der Waals surface area contributed by atoms with Crippen LogP contribution >= 0.6 is 0 Å². The van der Waals surface area contributed by atoms with Gasteiger partial charge < -0.3 is 0 Å². The number of carbonyl (C=O) groups is 1. The molecule has 0 heterocycles. The highest BCUT2D eigenvalue weighted by atomic mass is 16.1. The van der Waals surface area contributed by atoms with Crippen molar-refractivity contribution in [2.24, 2.45) is 16.7 Å². The van der Waals surface area contributed by atoms with Gasteiger partial charge in [0.05, 0.1) is 5.48 Å². The Balaban J connectivity index is 3.29. The molecule has 0 saturated carbocycles. The highest BCUT2D eigenvalue weighted by Gasteiger charge is 2.32. The molecule has 106 valence electrons. The standard InChI is InChI=1S/C18H28O/c1-17(2,3)13-15(16(19)18(4,5)6)12-14-10-8-7-9-11-14/h7-11,15H,12-13H2,1-6H3/t15-/m1/s1/i8D,9D,10D,11D. The summed E-state index contributed by atoms with van der Waals surface area (Å²) in [5.74, 6) is -0.211. The third-order valence-corrected chi connectivity index (χ3v) is 3.01. The molecule has 1 heteroatoms. The van der Waals surface area contributed by atoms with E-state index in [0.717, 1.165) is 0 Å². The molecule has 0 bridgehead atoms. The Hall–Kier alpha value is -1.11. The van der Waals surface area contributed by atoms with E-state index in [0.29, 0.717) is 12.0 Å². The summed E-state index contributed by atoms with van der Waals surface area (Å²) >= 11 is 0. The second-order valence-electron chi connectivity index (χ2n) is 7.44. The Bertz CT molecular complexity index is 568. The number of carbonyl (C=O) groups excluding carboxylic acids is 1. The van der Waals surface area contributed by atoms with Crippen molar-refractivity contribution in [3.8, 4) is 0 Å². The van der Waals surface area contributed by atoms with E-state index in [1.807, 2.05) is 20.8 Å². The molecular formula is C18H28O. The van der Waals surface area contributed by atoms with Gasteiger partial charge in [0.1, 0.15) is 5.78 Å². The summed E-state index contributed by atoms with van der Waals surface area (Å²) in [5, 5.41) is 0. The van der Waals surface area contributed by atoms with E-state index in [1.165, 1.54) is 6.07 Å². The summed E-state index contributed by atoms with van der Waals surface area (Å²) < 4.78 is 31.7. The molecule has 0 spiro atoms. The van der Waals surface area contributed by atoms with E-state index in [9.17, 15) is 4.79 Å². The minimum absolute atomic E-state index is 0.0355. The van der Waals surface area contributed by atoms with Crippen molar-refractivity contribution in [3.05, 3.63) is 35.8 Å². The third-order valence-electron chi connectivity index (χ3n) is 3.01. The minimum Gasteiger partial charge on any atom is -0.299 e. The van der Waals surface area contributed by atoms with E-state index in [1.54, 1.807) is 0 Å². The molecule has 0 radical (unpaired) electrons. The molecule has 0 fully saturated rings. The van der Waals surface area contributed by atoms with Crippen LogP contribution in [0.15, 0.2) is 30.2 Å². The normalized spacial score (nSPS) is 17.2. The second-order valence-corrected chi connectivity index (χ2v) is 7.44. The quantitative estimate of drug-likeness (QED) is 0.756. The first-order chi connectivity index (χ1) is 10.2. The van der Waals surface area contributed by atoms with Crippen LogP contribution in [0.2, 0.25) is 0 Å². The van der Waals surface area contributed by atoms with Crippen LogP contribution in [0.4, 0.5) is 0 Å². The monoisotopic (exact) mass is 264 g/mol. The van der Waals surface area contributed by atoms with Crippen LogP contribution in [0.25, 0.3) is 0 Å². The van der Waals surface area contributed by atoms with Gasteiger partial charge in [-0.1, -0.05) is 71.8 Å². The number of ketones is 1. The zero-order chi connectivity index (χ0) is 18.2. The minimum atomic E-state index is -0.497. The van der Waals surface area contributed by atoms with Gasteiger partial charge in [0, 0.05) is 11.3 Å². The molecule has 0 N–H and O–H groups in total. The van der Waals surface area contributed by atoms with Crippen LogP contribution in [0, 0.1) is 16.7 Å². The average Bonchev–Trinajstić information content (AvgIpc) is 2.36. The topological polar surface area (TPSA) is 17.1 Å². The molecule has 0 unspecified atom stereocenters. The van der Waals surface area contributed by atoms with E-state index >= 15 is 0 Å². The average molecular weight is 264 g/mol. The lowest BCUT2D eigenvalue weighted by Gasteiger charge is -2.30. The SMILES string of the molecule is [2H]c1cc([2H])c([2H])c(C[C@H](CC(C)(C)C)C(=O)C(C)(C)C)c1[2H]. The van der Waals surface area contributed by atoms with Crippen molar-refractivity contribution in [2.75, 3.05) is 0 Å². The lowest BCUT2D eigenvalue weighted by molar-refractivity contribution is -0.131. The van der Waals surface area contributed by atoms with Gasteiger partial charge in [0.2, 0.25) is 0 Å². The van der Waals surface area contributed by atoms with Gasteiger partial charge in [-0.3, -0.25) is 4.79 Å². The number of rotatable bonds is 4. The maximum atomic E-state index is 12.8. The predicted molar refractivity (Wildman–Crippen MR) is 82.2 cm³/mol. The molecule has 1 aromatic carbocycles. The first kappa shape index (κ1) is 10.7. The Morgan fingerprint density at radius 1 is 1.16 bits per heavy atom. The van der Waals surface area contributed by atoms with Crippen LogP contribution in [0.1, 0.15) is 59.0 Å². The Labute approximate surface area is 124 Å². The van der Waals surface area contributed by atoms with Crippen LogP contribution in [0.5, 0.6) is 0 Å². The van der Waals surface area contributed by atoms with Gasteiger partial charge in [-0.05, 0) is 23.8 Å². The lowest BCUT2D eigenvalue weighted by atomic mass is 9.73. The molecule has 0 aliphatic rings. The fourth-order valence-electron chi connectivity index (χ4n) is 2.27. The molecule has 1 nitrogen and oxygen atoms in total. The first-order valence-corrected chi connectivity index (χ1v) is 6.84. The first-order valence-electron chi connectivity index (χ1n) is 8.84. The summed E-state index contributed by atoms with van der Waals surface area (Å²) in [7, 11) is 0. The summed E-state index contributed by atoms with van der Waals surface area (Å²) in [4.78, 5) is 12.8. The van der Waals surface area contributed by atoms with Crippen LogP contribution < -0.4 is 0 Å². The van der Waals surface area contributed by atoms with Crippen LogP contribution in [-0.4, -0.2) is 5.78 Å². The molecule has 1 aromatic rings. The highest BCUT2D eigenvalue weighted by molar-refractivity contribution is 5.86. The Morgan fingerprint density at radius 2 is 1.68 bits per heavy atom. The van der Waals surface area contributed by atoms with Gasteiger partial charge in [-0.2, -0.15) is 0 Å². The highest BCUT2D eigenvalue weighted by Crippen LogP contribution is 2.32. The zero-order valence-electron chi connectivity index (χ0n) is 17.0. The molecule has 0 amide bonds. The van der Waals surface area contributed by atoms with Crippen molar-refractivity contribution in [1.29, 1.82) is 0 Å². The van der Waals surface area contributed by atoms with E-state index < -0.39 is 5.41 Å². The van der Waals surface area contributed by atoms with E-state index in [-0.39, 0.29) is 47.7 Å². The smallest absolute Gasteiger partial charge is 0.141 e. The number of hydrogen-bond donors (Lipinski definition) is 0. The van der Waals surface area contributed by atoms with E-state index in [4.69, 9.17) is 5.48 Å². The van der Waals surface area contributed by atoms with Gasteiger partial charge in [0.15, 0.2) is 0 Å². The van der Waals surface area contributed by atoms with Crippen molar-refractivity contribution in [2.45, 2.75) is 54.4 Å². The zero-order valence-corrected chi connectivity index (χ0v) is 13.0. The fraction of sp³-hybridized carbons (Fsp3) is 0.611. The van der Waals surface area contributed by atoms with Crippen molar-refractivity contribution in [3.63, 3.8) is 0 Å². The number of hydrogen-bond acceptors (Lipinski definition) is 1. The third kappa shape index (κ3) is 5.59. The largest absolute Gasteiger partial charge is 0.299 e. The van der Waals surface area contributed by atoms with Gasteiger partial charge >= 0.3 is 0 Å². The maximum Gasteiger partial charge on any atom is 0.141 e. The van der Waals surface area contributed by atoms with Crippen molar-refractivity contribution in [1.82, 2.24) is 0 Å². The van der Waals surface area contributed by atoms with Crippen LogP contribution in [-0.2, 0) is 11.2 Å². The maximum absolute atomic E-state index is 12.8. The fourth-order valence-corrected chi connectivity index (χ4v) is 2.27. The number of benzene rings is 1. The van der Waals surface area contributed by atoms with Crippen molar-refractivity contribution < 1.29 is 10.3 Å². The number of Topliss-reactive ketones (excluding diaryl/α,β-unsaturated/α-hetero) is 1. The summed E-state index contributed by atoms with van der Waals surface area (Å²) in [6.45, 7) is 11.8. The van der Waals surface area contributed by atoms with E-state index in [2.05, 4.69) is 20.8 Å². The molecule has 0 saturated heterocycles. The van der Waals surface area contributed by atoms with Crippen molar-refractivity contribution >= 4 is 5.78 Å². The lowest BCUT2D eigenvalue weighted by Crippen LogP contribution is -2.32. The molecular weight excluding hydrogens is 232 g/mol. The molecule has 1 rings (SSSR count). The van der Waals surface area contributed by atoms with Gasteiger partial charge in [-0.25, -0.2) is 0 Å². The predicted octanol–water partition coefficient (Wildman–Crippen LogP) is 4.90. The molecule has 19 heavy (non-hydrogen) atoms. The molecule has 1 atom stereocenters. The Morgan fingerprint density at radius 3 is 2.11 bits per heavy atom. The van der Waals surface area contributed by atoms with Gasteiger partial charge in [-0.15, -0.1) is 0 Å². The molecule has 0 aliphatic carbocycles.